The zero-order chi connectivity index (χ0) is 16.9. The Balaban J connectivity index is 0.00000529. The highest BCUT2D eigenvalue weighted by atomic mass is 127. The molecule has 0 spiro atoms. The Morgan fingerprint density at radius 3 is 2.33 bits per heavy atom. The van der Waals surface area contributed by atoms with Gasteiger partial charge in [-0.05, 0) is 20.3 Å². The fraction of sp³-hybridized carbons (Fsp3) is 0.875. The molecule has 142 valence electrons. The molecule has 1 saturated heterocycles. The highest BCUT2D eigenvalue weighted by molar-refractivity contribution is 14.0. The molecule has 0 bridgehead atoms. The monoisotopic (exact) mass is 456 g/mol. The van der Waals surface area contributed by atoms with Crippen LogP contribution in [0, 0.1) is 0 Å². The van der Waals surface area contributed by atoms with Crippen LogP contribution in [0.4, 0.5) is 4.79 Å². The summed E-state index contributed by atoms with van der Waals surface area (Å²) >= 11 is 0. The van der Waals surface area contributed by atoms with E-state index in [1.54, 1.807) is 4.90 Å². The van der Waals surface area contributed by atoms with Crippen LogP contribution in [-0.4, -0.2) is 80.9 Å². The van der Waals surface area contributed by atoms with Gasteiger partial charge >= 0.3 is 6.09 Å². The standard InChI is InChI=1S/C16H32N4O3.HI/c1-4-7-13-22-14-8-18-15(17-5-2)19-9-11-20(12-10-19)16(21)23-6-3;/h4-14H2,1-3H3,(H,17,18);1H. The van der Waals surface area contributed by atoms with Gasteiger partial charge in [-0.3, -0.25) is 4.99 Å². The molecule has 24 heavy (non-hydrogen) atoms. The van der Waals surface area contributed by atoms with Gasteiger partial charge in [-0.15, -0.1) is 24.0 Å². The lowest BCUT2D eigenvalue weighted by Crippen LogP contribution is -2.54. The molecule has 1 aliphatic heterocycles. The lowest BCUT2D eigenvalue weighted by atomic mass is 10.3. The summed E-state index contributed by atoms with van der Waals surface area (Å²) in [6.45, 7) is 12.3. The van der Waals surface area contributed by atoms with Gasteiger partial charge in [-0.25, -0.2) is 4.79 Å². The Kier molecular flexibility index (Phi) is 14.1. The second-order valence-electron chi connectivity index (χ2n) is 5.37. The number of aliphatic imine (C=N–C) groups is 1. The summed E-state index contributed by atoms with van der Waals surface area (Å²) in [6.07, 6.45) is 2.02. The molecule has 8 heteroatoms. The molecule has 0 unspecified atom stereocenters. The molecule has 0 aromatic rings. The van der Waals surface area contributed by atoms with Crippen LogP contribution < -0.4 is 5.32 Å². The van der Waals surface area contributed by atoms with Crippen LogP contribution in [0.5, 0.6) is 0 Å². The average molecular weight is 456 g/mol. The van der Waals surface area contributed by atoms with Crippen molar-refractivity contribution in [2.45, 2.75) is 33.6 Å². The first-order valence-electron chi connectivity index (χ1n) is 8.75. The maximum absolute atomic E-state index is 11.7. The number of carbonyl (C=O) groups is 1. The Morgan fingerprint density at radius 1 is 1.08 bits per heavy atom. The van der Waals surface area contributed by atoms with E-state index < -0.39 is 0 Å². The molecule has 0 aliphatic carbocycles. The van der Waals surface area contributed by atoms with Crippen molar-refractivity contribution in [3.05, 3.63) is 0 Å². The number of halogens is 1. The zero-order valence-corrected chi connectivity index (χ0v) is 17.6. The fourth-order valence-corrected chi connectivity index (χ4v) is 2.31. The molecule has 0 radical (unpaired) electrons. The number of guanidine groups is 1. The van der Waals surface area contributed by atoms with E-state index >= 15 is 0 Å². The summed E-state index contributed by atoms with van der Waals surface area (Å²) in [4.78, 5) is 20.3. The van der Waals surface area contributed by atoms with E-state index in [4.69, 9.17) is 9.47 Å². The van der Waals surface area contributed by atoms with E-state index in [1.165, 1.54) is 0 Å². The van der Waals surface area contributed by atoms with Gasteiger partial charge in [-0.2, -0.15) is 0 Å². The fourth-order valence-electron chi connectivity index (χ4n) is 2.31. The Hall–Kier alpha value is -0.770. The third-order valence-corrected chi connectivity index (χ3v) is 3.58. The van der Waals surface area contributed by atoms with Gasteiger partial charge in [0.25, 0.3) is 0 Å². The summed E-state index contributed by atoms with van der Waals surface area (Å²) in [5.74, 6) is 0.898. The number of piperazine rings is 1. The van der Waals surface area contributed by atoms with Crippen molar-refractivity contribution in [3.63, 3.8) is 0 Å². The predicted molar refractivity (Wildman–Crippen MR) is 107 cm³/mol. The van der Waals surface area contributed by atoms with Gasteiger partial charge in [0.2, 0.25) is 0 Å². The Labute approximate surface area is 163 Å². The van der Waals surface area contributed by atoms with E-state index in [-0.39, 0.29) is 30.1 Å². The third kappa shape index (κ3) is 8.91. The van der Waals surface area contributed by atoms with Gasteiger partial charge in [-0.1, -0.05) is 13.3 Å². The average Bonchev–Trinajstić information content (AvgIpc) is 2.57. The van der Waals surface area contributed by atoms with Gasteiger partial charge < -0.3 is 24.6 Å². The molecule has 0 aromatic heterocycles. The van der Waals surface area contributed by atoms with Crippen molar-refractivity contribution in [2.24, 2.45) is 4.99 Å². The quantitative estimate of drug-likeness (QED) is 0.263. The molecule has 0 atom stereocenters. The number of nitrogens with one attached hydrogen (secondary N) is 1. The predicted octanol–water partition coefficient (Wildman–Crippen LogP) is 2.16. The number of rotatable bonds is 8. The van der Waals surface area contributed by atoms with Crippen LogP contribution in [0.3, 0.4) is 0 Å². The van der Waals surface area contributed by atoms with Gasteiger partial charge in [0.1, 0.15) is 0 Å². The largest absolute Gasteiger partial charge is 0.450 e. The Bertz CT molecular complexity index is 361. The van der Waals surface area contributed by atoms with E-state index in [0.717, 1.165) is 45.0 Å². The third-order valence-electron chi connectivity index (χ3n) is 3.58. The number of unbranched alkanes of at least 4 members (excludes halogenated alkanes) is 1. The summed E-state index contributed by atoms with van der Waals surface area (Å²) in [5, 5.41) is 3.31. The normalized spacial score (nSPS) is 15.0. The maximum atomic E-state index is 11.7. The molecule has 1 N–H and O–H groups in total. The molecular formula is C16H33IN4O3. The van der Waals surface area contributed by atoms with E-state index in [1.807, 2.05) is 6.92 Å². The zero-order valence-electron chi connectivity index (χ0n) is 15.3. The van der Waals surface area contributed by atoms with Crippen LogP contribution in [0.1, 0.15) is 33.6 Å². The second kappa shape index (κ2) is 14.6. The number of nitrogens with zero attached hydrogens (tertiary/aromatic N) is 3. The molecule has 0 saturated carbocycles. The minimum atomic E-state index is -0.224. The van der Waals surface area contributed by atoms with Gasteiger partial charge in [0.15, 0.2) is 5.96 Å². The van der Waals surface area contributed by atoms with Crippen LogP contribution in [0.2, 0.25) is 0 Å². The number of hydrogen-bond donors (Lipinski definition) is 1. The van der Waals surface area contributed by atoms with Crippen LogP contribution in [0.25, 0.3) is 0 Å². The molecule has 1 fully saturated rings. The van der Waals surface area contributed by atoms with Crippen molar-refractivity contribution in [1.29, 1.82) is 0 Å². The van der Waals surface area contributed by atoms with E-state index in [0.29, 0.717) is 32.8 Å². The number of ether oxygens (including phenoxy) is 2. The smallest absolute Gasteiger partial charge is 0.409 e. The summed E-state index contributed by atoms with van der Waals surface area (Å²) in [5.41, 5.74) is 0. The van der Waals surface area contributed by atoms with Crippen LogP contribution in [0.15, 0.2) is 4.99 Å². The van der Waals surface area contributed by atoms with Crippen molar-refractivity contribution in [1.82, 2.24) is 15.1 Å². The van der Waals surface area contributed by atoms with E-state index in [9.17, 15) is 4.79 Å². The number of hydrogen-bond acceptors (Lipinski definition) is 4. The van der Waals surface area contributed by atoms with Crippen molar-refractivity contribution >= 4 is 36.0 Å². The Morgan fingerprint density at radius 2 is 1.75 bits per heavy atom. The lowest BCUT2D eigenvalue weighted by molar-refractivity contribution is 0.0913. The lowest BCUT2D eigenvalue weighted by Gasteiger charge is -2.35. The SMILES string of the molecule is CCCCOCCN=C(NCC)N1CCN(C(=O)OCC)CC1.I. The minimum Gasteiger partial charge on any atom is -0.450 e. The molecule has 1 amide bonds. The van der Waals surface area contributed by atoms with Crippen molar-refractivity contribution < 1.29 is 14.3 Å². The molecule has 7 nitrogen and oxygen atoms in total. The molecular weight excluding hydrogens is 423 g/mol. The first-order chi connectivity index (χ1) is 11.2. The summed E-state index contributed by atoms with van der Waals surface area (Å²) in [6, 6.07) is 0. The highest BCUT2D eigenvalue weighted by Gasteiger charge is 2.23. The second-order valence-corrected chi connectivity index (χ2v) is 5.37. The van der Waals surface area contributed by atoms with Gasteiger partial charge in [0, 0.05) is 39.3 Å². The topological polar surface area (TPSA) is 66.4 Å². The molecule has 1 heterocycles. The van der Waals surface area contributed by atoms with Gasteiger partial charge in [0.05, 0.1) is 19.8 Å². The maximum Gasteiger partial charge on any atom is 0.409 e. The van der Waals surface area contributed by atoms with Crippen molar-refractivity contribution in [3.8, 4) is 0 Å². The first kappa shape index (κ1) is 23.2. The van der Waals surface area contributed by atoms with E-state index in [2.05, 4.69) is 29.1 Å². The molecule has 1 aliphatic rings. The van der Waals surface area contributed by atoms with Crippen LogP contribution in [-0.2, 0) is 9.47 Å². The summed E-state index contributed by atoms with van der Waals surface area (Å²) in [7, 11) is 0. The van der Waals surface area contributed by atoms with Crippen molar-refractivity contribution in [2.75, 3.05) is 59.1 Å². The minimum absolute atomic E-state index is 0. The molecule has 1 rings (SSSR count). The summed E-state index contributed by atoms with van der Waals surface area (Å²) < 4.78 is 10.6. The first-order valence-corrected chi connectivity index (χ1v) is 8.75. The molecule has 0 aromatic carbocycles. The highest BCUT2D eigenvalue weighted by Crippen LogP contribution is 2.04. The number of carbonyl (C=O) groups excluding carboxylic acids is 1. The number of amides is 1. The van der Waals surface area contributed by atoms with Crippen LogP contribution >= 0.6 is 24.0 Å².